The lowest BCUT2D eigenvalue weighted by Crippen LogP contribution is -2.10. The van der Waals surface area contributed by atoms with Gasteiger partial charge in [-0.25, -0.2) is 4.98 Å². The standard InChI is InChI=1S/C11H12N2OS/c12-11-13-8-4-3-7(6-10(8)15-11)9-2-1-5-14-9/h1-2,5,7H,3-4,6H2,(H2,12,13). The molecule has 0 saturated carbocycles. The van der Waals surface area contributed by atoms with Crippen LogP contribution in [0.1, 0.15) is 28.7 Å². The fourth-order valence-electron chi connectivity index (χ4n) is 2.16. The van der Waals surface area contributed by atoms with Crippen molar-refractivity contribution in [2.24, 2.45) is 0 Å². The van der Waals surface area contributed by atoms with Gasteiger partial charge in [-0.1, -0.05) is 0 Å². The van der Waals surface area contributed by atoms with Crippen LogP contribution in [0.15, 0.2) is 22.8 Å². The maximum atomic E-state index is 5.71. The van der Waals surface area contributed by atoms with E-state index >= 15 is 0 Å². The number of anilines is 1. The Morgan fingerprint density at radius 2 is 2.47 bits per heavy atom. The van der Waals surface area contributed by atoms with E-state index in [1.807, 2.05) is 6.07 Å². The Morgan fingerprint density at radius 3 is 3.27 bits per heavy atom. The number of thiazole rings is 1. The van der Waals surface area contributed by atoms with Gasteiger partial charge in [0.15, 0.2) is 5.13 Å². The Bertz CT molecular complexity index is 461. The molecule has 2 aromatic rings. The third-order valence-corrected chi connectivity index (χ3v) is 3.85. The van der Waals surface area contributed by atoms with Crippen LogP contribution in [0.5, 0.6) is 0 Å². The molecule has 1 unspecified atom stereocenters. The van der Waals surface area contributed by atoms with Crippen LogP contribution in [0.2, 0.25) is 0 Å². The van der Waals surface area contributed by atoms with Crippen LogP contribution in [-0.2, 0) is 12.8 Å². The number of hydrogen-bond donors (Lipinski definition) is 1. The van der Waals surface area contributed by atoms with E-state index < -0.39 is 0 Å². The number of rotatable bonds is 1. The molecule has 0 fully saturated rings. The maximum absolute atomic E-state index is 5.71. The van der Waals surface area contributed by atoms with E-state index in [1.165, 1.54) is 10.6 Å². The van der Waals surface area contributed by atoms with Crippen LogP contribution in [0.3, 0.4) is 0 Å². The third-order valence-electron chi connectivity index (χ3n) is 2.90. The molecule has 0 amide bonds. The van der Waals surface area contributed by atoms with Crippen molar-refractivity contribution in [3.63, 3.8) is 0 Å². The lowest BCUT2D eigenvalue weighted by atomic mass is 9.89. The first-order chi connectivity index (χ1) is 7.33. The van der Waals surface area contributed by atoms with Crippen molar-refractivity contribution in [3.8, 4) is 0 Å². The topological polar surface area (TPSA) is 52.0 Å². The number of fused-ring (bicyclic) bond motifs is 1. The number of nitrogens with zero attached hydrogens (tertiary/aromatic N) is 1. The van der Waals surface area contributed by atoms with Gasteiger partial charge in [0.25, 0.3) is 0 Å². The van der Waals surface area contributed by atoms with Crippen LogP contribution < -0.4 is 5.73 Å². The lowest BCUT2D eigenvalue weighted by molar-refractivity contribution is 0.434. The summed E-state index contributed by atoms with van der Waals surface area (Å²) in [6.07, 6.45) is 4.90. The number of aromatic nitrogens is 1. The molecule has 3 nitrogen and oxygen atoms in total. The minimum atomic E-state index is 0.507. The van der Waals surface area contributed by atoms with Crippen LogP contribution in [0, 0.1) is 0 Å². The highest BCUT2D eigenvalue weighted by Crippen LogP contribution is 2.36. The number of nitrogens with two attached hydrogens (primary N) is 1. The van der Waals surface area contributed by atoms with Crippen molar-refractivity contribution in [1.29, 1.82) is 0 Å². The molecule has 15 heavy (non-hydrogen) atoms. The molecule has 0 radical (unpaired) electrons. The molecule has 1 aliphatic rings. The highest BCUT2D eigenvalue weighted by Gasteiger charge is 2.24. The second-order valence-electron chi connectivity index (χ2n) is 3.88. The molecular weight excluding hydrogens is 208 g/mol. The summed E-state index contributed by atoms with van der Waals surface area (Å²) in [5, 5.41) is 0.695. The molecule has 1 aliphatic carbocycles. The molecule has 1 atom stereocenters. The fourth-order valence-corrected chi connectivity index (χ4v) is 3.12. The van der Waals surface area contributed by atoms with E-state index in [2.05, 4.69) is 11.1 Å². The zero-order valence-electron chi connectivity index (χ0n) is 8.27. The average Bonchev–Trinajstić information content (AvgIpc) is 2.82. The first kappa shape index (κ1) is 8.97. The SMILES string of the molecule is Nc1nc2c(s1)CC(c1ccco1)CC2. The van der Waals surface area contributed by atoms with Crippen LogP contribution >= 0.6 is 11.3 Å². The third kappa shape index (κ3) is 1.55. The second kappa shape index (κ2) is 3.38. The molecule has 0 bridgehead atoms. The quantitative estimate of drug-likeness (QED) is 0.803. The van der Waals surface area contributed by atoms with Gasteiger partial charge < -0.3 is 10.2 Å². The van der Waals surface area contributed by atoms with Crippen molar-refractivity contribution in [2.45, 2.75) is 25.2 Å². The monoisotopic (exact) mass is 220 g/mol. The molecule has 78 valence electrons. The van der Waals surface area contributed by atoms with Gasteiger partial charge in [-0.2, -0.15) is 0 Å². The zero-order valence-corrected chi connectivity index (χ0v) is 9.09. The zero-order chi connectivity index (χ0) is 10.3. The number of aryl methyl sites for hydroxylation is 1. The van der Waals surface area contributed by atoms with Gasteiger partial charge in [0, 0.05) is 10.8 Å². The van der Waals surface area contributed by atoms with E-state index in [1.54, 1.807) is 17.6 Å². The van der Waals surface area contributed by atoms with Crippen LogP contribution in [0.25, 0.3) is 0 Å². The highest BCUT2D eigenvalue weighted by molar-refractivity contribution is 7.15. The molecule has 0 spiro atoms. The van der Waals surface area contributed by atoms with Gasteiger partial charge >= 0.3 is 0 Å². The highest BCUT2D eigenvalue weighted by atomic mass is 32.1. The second-order valence-corrected chi connectivity index (χ2v) is 4.99. The Morgan fingerprint density at radius 1 is 1.53 bits per heavy atom. The maximum Gasteiger partial charge on any atom is 0.180 e. The van der Waals surface area contributed by atoms with E-state index in [9.17, 15) is 0 Å². The fraction of sp³-hybridized carbons (Fsp3) is 0.364. The molecule has 3 rings (SSSR count). The summed E-state index contributed by atoms with van der Waals surface area (Å²) < 4.78 is 5.45. The van der Waals surface area contributed by atoms with Gasteiger partial charge in [0.1, 0.15) is 5.76 Å². The molecule has 2 aromatic heterocycles. The van der Waals surface area contributed by atoms with Gasteiger partial charge in [0.05, 0.1) is 12.0 Å². The number of hydrogen-bond acceptors (Lipinski definition) is 4. The van der Waals surface area contributed by atoms with Crippen molar-refractivity contribution in [3.05, 3.63) is 34.7 Å². The first-order valence-corrected chi connectivity index (χ1v) is 5.92. The summed E-state index contributed by atoms with van der Waals surface area (Å²) in [6.45, 7) is 0. The Balaban J connectivity index is 1.89. The van der Waals surface area contributed by atoms with E-state index in [0.29, 0.717) is 11.0 Å². The Kier molecular flexibility index (Phi) is 2.02. The summed E-state index contributed by atoms with van der Waals surface area (Å²) >= 11 is 1.62. The summed E-state index contributed by atoms with van der Waals surface area (Å²) in [4.78, 5) is 5.67. The van der Waals surface area contributed by atoms with Gasteiger partial charge in [-0.15, -0.1) is 11.3 Å². The number of furan rings is 1. The summed E-state index contributed by atoms with van der Waals surface area (Å²) in [5.74, 6) is 1.60. The summed E-state index contributed by atoms with van der Waals surface area (Å²) in [7, 11) is 0. The molecule has 2 heterocycles. The minimum Gasteiger partial charge on any atom is -0.469 e. The van der Waals surface area contributed by atoms with Crippen molar-refractivity contribution < 1.29 is 4.42 Å². The number of nitrogen functional groups attached to an aromatic ring is 1. The van der Waals surface area contributed by atoms with E-state index in [0.717, 1.165) is 25.0 Å². The van der Waals surface area contributed by atoms with Gasteiger partial charge in [-0.05, 0) is 31.4 Å². The predicted octanol–water partition coefficient (Wildman–Crippen LogP) is 2.59. The molecule has 0 saturated heterocycles. The first-order valence-electron chi connectivity index (χ1n) is 5.10. The van der Waals surface area contributed by atoms with Gasteiger partial charge in [-0.3, -0.25) is 0 Å². The Labute approximate surface area is 91.9 Å². The molecular formula is C11H12N2OS. The predicted molar refractivity (Wildman–Crippen MR) is 60.0 cm³/mol. The van der Waals surface area contributed by atoms with Gasteiger partial charge in [0.2, 0.25) is 0 Å². The van der Waals surface area contributed by atoms with Crippen molar-refractivity contribution in [1.82, 2.24) is 4.98 Å². The largest absolute Gasteiger partial charge is 0.469 e. The smallest absolute Gasteiger partial charge is 0.180 e. The van der Waals surface area contributed by atoms with Crippen LogP contribution in [0.4, 0.5) is 5.13 Å². The Hall–Kier alpha value is -1.29. The van der Waals surface area contributed by atoms with Crippen LogP contribution in [-0.4, -0.2) is 4.98 Å². The lowest BCUT2D eigenvalue weighted by Gasteiger charge is -2.18. The van der Waals surface area contributed by atoms with E-state index in [4.69, 9.17) is 10.2 Å². The van der Waals surface area contributed by atoms with Crippen molar-refractivity contribution in [2.75, 3.05) is 5.73 Å². The summed E-state index contributed by atoms with van der Waals surface area (Å²) in [5.41, 5.74) is 6.90. The van der Waals surface area contributed by atoms with E-state index in [-0.39, 0.29) is 0 Å². The minimum absolute atomic E-state index is 0.507. The molecule has 2 N–H and O–H groups in total. The summed E-state index contributed by atoms with van der Waals surface area (Å²) in [6, 6.07) is 4.01. The molecule has 0 aliphatic heterocycles. The van der Waals surface area contributed by atoms with Crippen molar-refractivity contribution >= 4 is 16.5 Å². The molecule has 4 heteroatoms. The normalized spacial score (nSPS) is 20.1. The molecule has 0 aromatic carbocycles. The average molecular weight is 220 g/mol.